The quantitative estimate of drug-likeness (QED) is 0.593. The van der Waals surface area contributed by atoms with E-state index < -0.39 is 0 Å². The normalized spacial score (nSPS) is 20.2. The van der Waals surface area contributed by atoms with Crippen LogP contribution in [0.15, 0.2) is 0 Å². The average molecular weight is 185 g/mol. The van der Waals surface area contributed by atoms with Crippen LogP contribution >= 0.6 is 0 Å². The zero-order chi connectivity index (χ0) is 9.90. The van der Waals surface area contributed by atoms with Gasteiger partial charge in [0.15, 0.2) is 0 Å². The van der Waals surface area contributed by atoms with Gasteiger partial charge in [0.05, 0.1) is 33.1 Å². The predicted octanol–water partition coefficient (Wildman–Crippen LogP) is 0.705. The molecule has 0 aromatic rings. The van der Waals surface area contributed by atoms with Gasteiger partial charge in [0.1, 0.15) is 0 Å². The van der Waals surface area contributed by atoms with E-state index in [0.29, 0.717) is 6.42 Å². The van der Waals surface area contributed by atoms with Crippen LogP contribution in [0.1, 0.15) is 19.3 Å². The van der Waals surface area contributed by atoms with Crippen molar-refractivity contribution in [2.75, 3.05) is 40.8 Å². The molecule has 0 aliphatic carbocycles. The summed E-state index contributed by atoms with van der Waals surface area (Å²) in [6.07, 6.45) is 3.35. The fraction of sp³-hybridized carbons (Fsp3) is 0.900. The molecule has 1 aliphatic heterocycles. The van der Waals surface area contributed by atoms with Gasteiger partial charge >= 0.3 is 0 Å². The highest BCUT2D eigenvalue weighted by molar-refractivity contribution is 5.75. The van der Waals surface area contributed by atoms with Crippen molar-refractivity contribution in [3.05, 3.63) is 0 Å². The largest absolute Gasteiger partial charge is 0.349 e. The van der Waals surface area contributed by atoms with E-state index in [2.05, 4.69) is 7.05 Å². The van der Waals surface area contributed by atoms with Crippen molar-refractivity contribution in [2.24, 2.45) is 0 Å². The van der Waals surface area contributed by atoms with Crippen LogP contribution in [0.2, 0.25) is 0 Å². The van der Waals surface area contributed by atoms with Crippen LogP contribution in [0.25, 0.3) is 0 Å². The highest BCUT2D eigenvalue weighted by Gasteiger charge is 2.27. The fourth-order valence-electron chi connectivity index (χ4n) is 1.91. The van der Waals surface area contributed by atoms with Crippen molar-refractivity contribution in [2.45, 2.75) is 19.3 Å². The monoisotopic (exact) mass is 185 g/mol. The highest BCUT2D eigenvalue weighted by atomic mass is 16.2. The molecule has 0 aromatic heterocycles. The van der Waals surface area contributed by atoms with Gasteiger partial charge in [-0.25, -0.2) is 0 Å². The van der Waals surface area contributed by atoms with Crippen molar-refractivity contribution in [3.63, 3.8) is 0 Å². The number of nitrogens with zero attached hydrogens (tertiary/aromatic N) is 2. The lowest BCUT2D eigenvalue weighted by Crippen LogP contribution is -2.43. The Hall–Kier alpha value is -0.570. The summed E-state index contributed by atoms with van der Waals surface area (Å²) in [5.74, 6) is 0.256. The summed E-state index contributed by atoms with van der Waals surface area (Å²) >= 11 is 0. The molecule has 0 saturated carbocycles. The highest BCUT2D eigenvalue weighted by Crippen LogP contribution is 2.16. The zero-order valence-corrected chi connectivity index (χ0v) is 9.05. The van der Waals surface area contributed by atoms with Crippen molar-refractivity contribution in [1.82, 2.24) is 4.90 Å². The second-order valence-electron chi connectivity index (χ2n) is 4.54. The minimum Gasteiger partial charge on any atom is -0.349 e. The number of carbonyl (C=O) groups is 1. The van der Waals surface area contributed by atoms with Crippen molar-refractivity contribution >= 4 is 5.91 Å². The van der Waals surface area contributed by atoms with Crippen molar-refractivity contribution < 1.29 is 9.28 Å². The zero-order valence-electron chi connectivity index (χ0n) is 9.05. The first-order chi connectivity index (χ1) is 6.03. The predicted molar refractivity (Wildman–Crippen MR) is 53.3 cm³/mol. The molecule has 76 valence electrons. The van der Waals surface area contributed by atoms with Crippen molar-refractivity contribution in [1.29, 1.82) is 0 Å². The Morgan fingerprint density at radius 1 is 1.31 bits per heavy atom. The molecule has 1 aliphatic rings. The SMILES string of the molecule is CN(C)C(=O)CC[N+]1(C)CCCC1. The molecular weight excluding hydrogens is 164 g/mol. The summed E-state index contributed by atoms with van der Waals surface area (Å²) in [4.78, 5) is 13.0. The Kier molecular flexibility index (Phi) is 3.31. The van der Waals surface area contributed by atoms with E-state index >= 15 is 0 Å². The standard InChI is InChI=1S/C10H21N2O/c1-11(2)10(13)6-9-12(3)7-4-5-8-12/h4-9H2,1-3H3/q+1. The maximum absolute atomic E-state index is 11.4. The number of carbonyl (C=O) groups excluding carboxylic acids is 1. The van der Waals surface area contributed by atoms with Crippen LogP contribution in [-0.2, 0) is 4.79 Å². The molecule has 1 rings (SSSR count). The number of rotatable bonds is 3. The molecule has 1 heterocycles. The molecule has 0 unspecified atom stereocenters. The van der Waals surface area contributed by atoms with E-state index in [1.807, 2.05) is 14.1 Å². The third kappa shape index (κ3) is 2.99. The van der Waals surface area contributed by atoms with Gasteiger partial charge in [0.2, 0.25) is 5.91 Å². The number of amides is 1. The molecule has 0 atom stereocenters. The van der Waals surface area contributed by atoms with Gasteiger partial charge in [-0.05, 0) is 0 Å². The van der Waals surface area contributed by atoms with Crippen LogP contribution in [0.5, 0.6) is 0 Å². The second kappa shape index (κ2) is 4.09. The van der Waals surface area contributed by atoms with Gasteiger partial charge in [-0.15, -0.1) is 0 Å². The van der Waals surface area contributed by atoms with Gasteiger partial charge in [-0.1, -0.05) is 0 Å². The van der Waals surface area contributed by atoms with E-state index in [-0.39, 0.29) is 5.91 Å². The van der Waals surface area contributed by atoms with E-state index in [9.17, 15) is 4.79 Å². The summed E-state index contributed by atoms with van der Waals surface area (Å²) in [6, 6.07) is 0. The van der Waals surface area contributed by atoms with Gasteiger partial charge < -0.3 is 9.38 Å². The Balaban J connectivity index is 2.29. The molecule has 0 radical (unpaired) electrons. The van der Waals surface area contributed by atoms with E-state index in [1.165, 1.54) is 25.9 Å². The lowest BCUT2D eigenvalue weighted by atomic mass is 10.3. The summed E-state index contributed by atoms with van der Waals surface area (Å²) in [6.45, 7) is 3.51. The number of likely N-dealkylation sites (tertiary alicyclic amines) is 1. The first-order valence-corrected chi connectivity index (χ1v) is 5.07. The number of quaternary nitrogens is 1. The molecule has 0 aromatic carbocycles. The molecule has 0 spiro atoms. The summed E-state index contributed by atoms with van der Waals surface area (Å²) < 4.78 is 1.10. The second-order valence-corrected chi connectivity index (χ2v) is 4.54. The molecule has 13 heavy (non-hydrogen) atoms. The first-order valence-electron chi connectivity index (χ1n) is 5.07. The van der Waals surface area contributed by atoms with Crippen LogP contribution < -0.4 is 0 Å². The lowest BCUT2D eigenvalue weighted by Gasteiger charge is -2.29. The topological polar surface area (TPSA) is 20.3 Å². The number of hydrogen-bond acceptors (Lipinski definition) is 1. The third-order valence-electron chi connectivity index (χ3n) is 3.01. The molecule has 3 heteroatoms. The molecular formula is C10H21N2O+. The van der Waals surface area contributed by atoms with Crippen LogP contribution in [0, 0.1) is 0 Å². The van der Waals surface area contributed by atoms with E-state index in [1.54, 1.807) is 4.90 Å². The van der Waals surface area contributed by atoms with Gasteiger partial charge in [0.25, 0.3) is 0 Å². The maximum atomic E-state index is 11.4. The van der Waals surface area contributed by atoms with Crippen molar-refractivity contribution in [3.8, 4) is 0 Å². The lowest BCUT2D eigenvalue weighted by molar-refractivity contribution is -0.897. The Morgan fingerprint density at radius 2 is 1.85 bits per heavy atom. The average Bonchev–Trinajstić information content (AvgIpc) is 2.48. The molecule has 0 bridgehead atoms. The summed E-state index contributed by atoms with van der Waals surface area (Å²) in [7, 11) is 5.91. The minimum atomic E-state index is 0.256. The summed E-state index contributed by atoms with van der Waals surface area (Å²) in [5.41, 5.74) is 0. The number of hydrogen-bond donors (Lipinski definition) is 0. The fourth-order valence-corrected chi connectivity index (χ4v) is 1.91. The molecule has 1 saturated heterocycles. The molecule has 1 fully saturated rings. The van der Waals surface area contributed by atoms with Gasteiger partial charge in [0, 0.05) is 26.9 Å². The van der Waals surface area contributed by atoms with E-state index in [0.717, 1.165) is 11.0 Å². The minimum absolute atomic E-state index is 0.256. The van der Waals surface area contributed by atoms with Gasteiger partial charge in [-0.3, -0.25) is 4.79 Å². The first kappa shape index (κ1) is 10.5. The Bertz CT molecular complexity index is 183. The molecule has 1 amide bonds. The van der Waals surface area contributed by atoms with Gasteiger partial charge in [-0.2, -0.15) is 0 Å². The van der Waals surface area contributed by atoms with E-state index in [4.69, 9.17) is 0 Å². The van der Waals surface area contributed by atoms with Crippen LogP contribution in [0.3, 0.4) is 0 Å². The Labute approximate surface area is 80.9 Å². The Morgan fingerprint density at radius 3 is 2.31 bits per heavy atom. The summed E-state index contributed by atoms with van der Waals surface area (Å²) in [5, 5.41) is 0. The molecule has 0 N–H and O–H groups in total. The van der Waals surface area contributed by atoms with Crippen LogP contribution in [-0.4, -0.2) is 56.1 Å². The smallest absolute Gasteiger partial charge is 0.227 e. The molecule has 3 nitrogen and oxygen atoms in total. The third-order valence-corrected chi connectivity index (χ3v) is 3.01. The maximum Gasteiger partial charge on any atom is 0.227 e. The van der Waals surface area contributed by atoms with Crippen LogP contribution in [0.4, 0.5) is 0 Å².